The second kappa shape index (κ2) is 5.49. The average molecular weight is 271 g/mol. The first-order chi connectivity index (χ1) is 8.51. The number of carbonyl (C=O) groups excluding carboxylic acids is 1. The third kappa shape index (κ3) is 5.19. The normalized spacial score (nSPS) is 23.6. The van der Waals surface area contributed by atoms with Crippen molar-refractivity contribution in [2.45, 2.75) is 71.1 Å². The summed E-state index contributed by atoms with van der Waals surface area (Å²) in [6.45, 7) is 9.83. The summed E-state index contributed by atoms with van der Waals surface area (Å²) in [5.74, 6) is -2.09. The number of aliphatic carboxylic acids is 1. The standard InChI is InChI=1S/C14H25NO4/c1-9(12(17)18)6-11(16)19-10-7-13(2,3)15-14(4,5)8-10/h9-10,15H,6-8H2,1-5H3,(H,17,18). The maximum absolute atomic E-state index is 11.7. The maximum atomic E-state index is 11.7. The highest BCUT2D eigenvalue weighted by molar-refractivity contribution is 5.78. The fourth-order valence-electron chi connectivity index (χ4n) is 2.88. The SMILES string of the molecule is CC(CC(=O)OC1CC(C)(C)NC(C)(C)C1)C(=O)O. The molecule has 1 aliphatic heterocycles. The van der Waals surface area contributed by atoms with Crippen LogP contribution >= 0.6 is 0 Å². The van der Waals surface area contributed by atoms with E-state index in [0.717, 1.165) is 12.8 Å². The first-order valence-corrected chi connectivity index (χ1v) is 6.72. The van der Waals surface area contributed by atoms with Crippen LogP contribution in [0.15, 0.2) is 0 Å². The van der Waals surface area contributed by atoms with Crippen molar-refractivity contribution in [1.82, 2.24) is 5.32 Å². The van der Waals surface area contributed by atoms with E-state index in [1.807, 2.05) is 0 Å². The number of piperidine rings is 1. The molecule has 0 aromatic heterocycles. The van der Waals surface area contributed by atoms with Crippen molar-refractivity contribution in [3.8, 4) is 0 Å². The van der Waals surface area contributed by atoms with Crippen molar-refractivity contribution >= 4 is 11.9 Å². The van der Waals surface area contributed by atoms with Gasteiger partial charge in [0.1, 0.15) is 6.10 Å². The van der Waals surface area contributed by atoms with E-state index in [4.69, 9.17) is 9.84 Å². The molecular weight excluding hydrogens is 246 g/mol. The number of rotatable bonds is 4. The van der Waals surface area contributed by atoms with Crippen molar-refractivity contribution in [1.29, 1.82) is 0 Å². The number of carboxylic acid groups (broad SMARTS) is 1. The van der Waals surface area contributed by atoms with Gasteiger partial charge in [-0.05, 0) is 27.7 Å². The third-order valence-electron chi connectivity index (χ3n) is 3.35. The van der Waals surface area contributed by atoms with E-state index >= 15 is 0 Å². The zero-order chi connectivity index (χ0) is 14.8. The molecule has 19 heavy (non-hydrogen) atoms. The lowest BCUT2D eigenvalue weighted by molar-refractivity contribution is -0.158. The number of esters is 1. The number of carbonyl (C=O) groups is 2. The summed E-state index contributed by atoms with van der Waals surface area (Å²) in [7, 11) is 0. The Bertz CT molecular complexity index is 346. The topological polar surface area (TPSA) is 75.6 Å². The van der Waals surface area contributed by atoms with Gasteiger partial charge in [-0.15, -0.1) is 0 Å². The molecule has 1 rings (SSSR count). The molecule has 1 aliphatic rings. The Kier molecular flexibility index (Phi) is 4.61. The van der Waals surface area contributed by atoms with E-state index in [1.165, 1.54) is 6.92 Å². The molecule has 0 bridgehead atoms. The Balaban J connectivity index is 2.57. The molecular formula is C14H25NO4. The van der Waals surface area contributed by atoms with E-state index < -0.39 is 17.9 Å². The summed E-state index contributed by atoms with van der Waals surface area (Å²) < 4.78 is 5.44. The van der Waals surface area contributed by atoms with Gasteiger partial charge in [0, 0.05) is 23.9 Å². The van der Waals surface area contributed by atoms with E-state index in [-0.39, 0.29) is 23.6 Å². The fourth-order valence-corrected chi connectivity index (χ4v) is 2.88. The van der Waals surface area contributed by atoms with Crippen LogP contribution in [0.5, 0.6) is 0 Å². The highest BCUT2D eigenvalue weighted by Crippen LogP contribution is 2.30. The lowest BCUT2D eigenvalue weighted by Gasteiger charge is -2.45. The molecule has 1 heterocycles. The van der Waals surface area contributed by atoms with Gasteiger partial charge < -0.3 is 15.2 Å². The zero-order valence-corrected chi connectivity index (χ0v) is 12.4. The molecule has 0 radical (unpaired) electrons. The predicted molar refractivity (Wildman–Crippen MR) is 71.8 cm³/mol. The van der Waals surface area contributed by atoms with Crippen LogP contribution in [0.1, 0.15) is 53.9 Å². The molecule has 5 nitrogen and oxygen atoms in total. The lowest BCUT2D eigenvalue weighted by Crippen LogP contribution is -2.59. The summed E-state index contributed by atoms with van der Waals surface area (Å²) in [5.41, 5.74) is -0.184. The molecule has 2 N–H and O–H groups in total. The average Bonchev–Trinajstić information content (AvgIpc) is 2.10. The van der Waals surface area contributed by atoms with Gasteiger partial charge in [0.25, 0.3) is 0 Å². The van der Waals surface area contributed by atoms with Crippen molar-refractivity contribution in [3.63, 3.8) is 0 Å². The third-order valence-corrected chi connectivity index (χ3v) is 3.35. The Hall–Kier alpha value is -1.10. The highest BCUT2D eigenvalue weighted by Gasteiger charge is 2.39. The van der Waals surface area contributed by atoms with Crippen LogP contribution in [-0.4, -0.2) is 34.2 Å². The van der Waals surface area contributed by atoms with E-state index in [9.17, 15) is 9.59 Å². The largest absolute Gasteiger partial charge is 0.481 e. The fraction of sp³-hybridized carbons (Fsp3) is 0.857. The van der Waals surface area contributed by atoms with Gasteiger partial charge >= 0.3 is 11.9 Å². The Labute approximate surface area is 114 Å². The summed E-state index contributed by atoms with van der Waals surface area (Å²) in [4.78, 5) is 22.5. The minimum absolute atomic E-state index is 0.0693. The molecule has 0 spiro atoms. The molecule has 0 aromatic carbocycles. The lowest BCUT2D eigenvalue weighted by atomic mass is 9.81. The molecule has 0 amide bonds. The molecule has 0 saturated carbocycles. The summed E-state index contributed by atoms with van der Waals surface area (Å²) in [6, 6.07) is 0. The second-order valence-corrected chi connectivity index (χ2v) is 6.86. The molecule has 1 saturated heterocycles. The Morgan fingerprint density at radius 1 is 1.26 bits per heavy atom. The molecule has 5 heteroatoms. The zero-order valence-electron chi connectivity index (χ0n) is 12.4. The molecule has 1 unspecified atom stereocenters. The number of nitrogens with one attached hydrogen (secondary N) is 1. The molecule has 1 atom stereocenters. The number of hydrogen-bond acceptors (Lipinski definition) is 4. The van der Waals surface area contributed by atoms with Gasteiger partial charge in [-0.25, -0.2) is 0 Å². The van der Waals surface area contributed by atoms with Crippen molar-refractivity contribution in [2.24, 2.45) is 5.92 Å². The first-order valence-electron chi connectivity index (χ1n) is 6.72. The number of carboxylic acids is 1. The van der Waals surface area contributed by atoms with Crippen LogP contribution in [0.3, 0.4) is 0 Å². The molecule has 110 valence electrons. The molecule has 1 fully saturated rings. The van der Waals surface area contributed by atoms with Crippen LogP contribution < -0.4 is 5.32 Å². The van der Waals surface area contributed by atoms with E-state index in [1.54, 1.807) is 0 Å². The van der Waals surface area contributed by atoms with Crippen LogP contribution in [0.4, 0.5) is 0 Å². The van der Waals surface area contributed by atoms with Crippen molar-refractivity contribution < 1.29 is 19.4 Å². The summed E-state index contributed by atoms with van der Waals surface area (Å²) in [5, 5.41) is 12.3. The highest BCUT2D eigenvalue weighted by atomic mass is 16.5. The van der Waals surface area contributed by atoms with Gasteiger partial charge in [-0.2, -0.15) is 0 Å². The maximum Gasteiger partial charge on any atom is 0.306 e. The first kappa shape index (κ1) is 16.0. The van der Waals surface area contributed by atoms with Crippen LogP contribution in [0.2, 0.25) is 0 Å². The van der Waals surface area contributed by atoms with Crippen molar-refractivity contribution in [2.75, 3.05) is 0 Å². The van der Waals surface area contributed by atoms with E-state index in [2.05, 4.69) is 33.0 Å². The Morgan fingerprint density at radius 2 is 1.74 bits per heavy atom. The number of ether oxygens (including phenoxy) is 1. The van der Waals surface area contributed by atoms with Gasteiger partial charge in [0.2, 0.25) is 0 Å². The Morgan fingerprint density at radius 3 is 2.16 bits per heavy atom. The second-order valence-electron chi connectivity index (χ2n) is 6.86. The van der Waals surface area contributed by atoms with Crippen LogP contribution in [0, 0.1) is 5.92 Å². The van der Waals surface area contributed by atoms with Gasteiger partial charge in [0.15, 0.2) is 0 Å². The van der Waals surface area contributed by atoms with Gasteiger partial charge in [0.05, 0.1) is 12.3 Å². The molecule has 0 aromatic rings. The van der Waals surface area contributed by atoms with Crippen LogP contribution in [-0.2, 0) is 14.3 Å². The quantitative estimate of drug-likeness (QED) is 0.764. The summed E-state index contributed by atoms with van der Waals surface area (Å²) in [6.07, 6.45) is 1.26. The minimum Gasteiger partial charge on any atom is -0.481 e. The van der Waals surface area contributed by atoms with Crippen LogP contribution in [0.25, 0.3) is 0 Å². The smallest absolute Gasteiger partial charge is 0.306 e. The molecule has 0 aliphatic carbocycles. The van der Waals surface area contributed by atoms with Crippen molar-refractivity contribution in [3.05, 3.63) is 0 Å². The monoisotopic (exact) mass is 271 g/mol. The number of hydrogen-bond donors (Lipinski definition) is 2. The van der Waals surface area contributed by atoms with E-state index in [0.29, 0.717) is 0 Å². The summed E-state index contributed by atoms with van der Waals surface area (Å²) >= 11 is 0. The predicted octanol–water partition coefficient (Wildman–Crippen LogP) is 1.95. The minimum atomic E-state index is -0.970. The van der Waals surface area contributed by atoms with Gasteiger partial charge in [-0.3, -0.25) is 9.59 Å². The van der Waals surface area contributed by atoms with Gasteiger partial charge in [-0.1, -0.05) is 6.92 Å².